The van der Waals surface area contributed by atoms with Gasteiger partial charge in [0.1, 0.15) is 11.7 Å². The van der Waals surface area contributed by atoms with E-state index >= 15 is 0 Å². The van der Waals surface area contributed by atoms with Gasteiger partial charge in [0.25, 0.3) is 11.8 Å². The first-order valence-corrected chi connectivity index (χ1v) is 8.14. The molecule has 0 spiro atoms. The first-order chi connectivity index (χ1) is 11.8. The van der Waals surface area contributed by atoms with Crippen LogP contribution < -0.4 is 11.1 Å². The SMILES string of the molecule is CCn1nc(C)c(Cl)c1C(=O)NC(Cc1ccccc1)C(=O)C(N)=O. The van der Waals surface area contributed by atoms with Crippen LogP contribution in [0, 0.1) is 6.92 Å². The van der Waals surface area contributed by atoms with Crippen LogP contribution >= 0.6 is 11.6 Å². The fourth-order valence-electron chi connectivity index (χ4n) is 2.46. The number of halogens is 1. The number of ketones is 1. The maximum Gasteiger partial charge on any atom is 0.287 e. The molecular formula is C17H19ClN4O3. The number of aryl methyl sites for hydroxylation is 2. The van der Waals surface area contributed by atoms with Crippen LogP contribution in [0.15, 0.2) is 30.3 Å². The molecule has 1 aromatic heterocycles. The summed E-state index contributed by atoms with van der Waals surface area (Å²) >= 11 is 6.15. The highest BCUT2D eigenvalue weighted by Gasteiger charge is 2.28. The van der Waals surface area contributed by atoms with E-state index < -0.39 is 23.6 Å². The molecule has 7 nitrogen and oxygen atoms in total. The minimum absolute atomic E-state index is 0.144. The van der Waals surface area contributed by atoms with Crippen LogP contribution in [0.3, 0.4) is 0 Å². The van der Waals surface area contributed by atoms with Crippen molar-refractivity contribution in [2.45, 2.75) is 32.9 Å². The average Bonchev–Trinajstić information content (AvgIpc) is 2.89. The van der Waals surface area contributed by atoms with E-state index in [1.807, 2.05) is 13.0 Å². The number of hydrogen-bond acceptors (Lipinski definition) is 4. The largest absolute Gasteiger partial charge is 0.363 e. The molecule has 2 rings (SSSR count). The smallest absolute Gasteiger partial charge is 0.287 e. The highest BCUT2D eigenvalue weighted by atomic mass is 35.5. The van der Waals surface area contributed by atoms with Gasteiger partial charge in [0.05, 0.1) is 10.7 Å². The van der Waals surface area contributed by atoms with Crippen LogP contribution in [0.4, 0.5) is 0 Å². The molecule has 3 N–H and O–H groups in total. The zero-order valence-electron chi connectivity index (χ0n) is 14.0. The van der Waals surface area contributed by atoms with Gasteiger partial charge in [-0.2, -0.15) is 5.10 Å². The van der Waals surface area contributed by atoms with Gasteiger partial charge < -0.3 is 11.1 Å². The van der Waals surface area contributed by atoms with Crippen LogP contribution in [0.1, 0.15) is 28.7 Å². The number of primary amides is 1. The predicted molar refractivity (Wildman–Crippen MR) is 93.2 cm³/mol. The number of nitrogens with one attached hydrogen (secondary N) is 1. The van der Waals surface area contributed by atoms with Gasteiger partial charge in [-0.05, 0) is 19.4 Å². The second-order valence-corrected chi connectivity index (χ2v) is 5.89. The third-order valence-corrected chi connectivity index (χ3v) is 4.17. The summed E-state index contributed by atoms with van der Waals surface area (Å²) in [7, 11) is 0. The van der Waals surface area contributed by atoms with Gasteiger partial charge in [-0.15, -0.1) is 0 Å². The van der Waals surface area contributed by atoms with Crippen LogP contribution in [-0.2, 0) is 22.6 Å². The third-order valence-electron chi connectivity index (χ3n) is 3.72. The zero-order chi connectivity index (χ0) is 18.6. The lowest BCUT2D eigenvalue weighted by Gasteiger charge is -2.17. The Morgan fingerprint density at radius 3 is 2.48 bits per heavy atom. The first kappa shape index (κ1) is 18.7. The molecule has 0 bridgehead atoms. The van der Waals surface area contributed by atoms with Gasteiger partial charge in [-0.25, -0.2) is 0 Å². The lowest BCUT2D eigenvalue weighted by molar-refractivity contribution is -0.137. The fraction of sp³-hybridized carbons (Fsp3) is 0.294. The number of amides is 2. The highest BCUT2D eigenvalue weighted by Crippen LogP contribution is 2.20. The Labute approximate surface area is 150 Å². The Hall–Kier alpha value is -2.67. The summed E-state index contributed by atoms with van der Waals surface area (Å²) in [6.45, 7) is 3.93. The lowest BCUT2D eigenvalue weighted by atomic mass is 10.0. The van der Waals surface area contributed by atoms with Crippen LogP contribution in [-0.4, -0.2) is 33.4 Å². The van der Waals surface area contributed by atoms with Crippen molar-refractivity contribution in [1.82, 2.24) is 15.1 Å². The van der Waals surface area contributed by atoms with Crippen molar-refractivity contribution >= 4 is 29.2 Å². The maximum absolute atomic E-state index is 12.6. The van der Waals surface area contributed by atoms with Crippen molar-refractivity contribution in [3.63, 3.8) is 0 Å². The predicted octanol–water partition coefficient (Wildman–Crippen LogP) is 1.26. The molecular weight excluding hydrogens is 344 g/mol. The van der Waals surface area contributed by atoms with E-state index in [0.717, 1.165) is 5.56 Å². The molecule has 0 radical (unpaired) electrons. The van der Waals surface area contributed by atoms with Crippen molar-refractivity contribution in [3.8, 4) is 0 Å². The van der Waals surface area contributed by atoms with Crippen LogP contribution in [0.25, 0.3) is 0 Å². The molecule has 2 amide bonds. The Bertz CT molecular complexity index is 802. The lowest BCUT2D eigenvalue weighted by Crippen LogP contribution is -2.47. The monoisotopic (exact) mass is 362 g/mol. The number of rotatable bonds is 7. The molecule has 132 valence electrons. The molecule has 1 heterocycles. The molecule has 0 fully saturated rings. The number of aromatic nitrogens is 2. The number of hydrogen-bond donors (Lipinski definition) is 2. The molecule has 8 heteroatoms. The molecule has 0 saturated carbocycles. The van der Waals surface area contributed by atoms with Gasteiger partial charge in [0.15, 0.2) is 0 Å². The normalized spacial score (nSPS) is 11.8. The third kappa shape index (κ3) is 4.24. The maximum atomic E-state index is 12.6. The molecule has 0 aliphatic carbocycles. The second kappa shape index (κ2) is 7.94. The van der Waals surface area contributed by atoms with Crippen molar-refractivity contribution in [2.75, 3.05) is 0 Å². The van der Waals surface area contributed by atoms with Gasteiger partial charge in [-0.3, -0.25) is 19.1 Å². The Morgan fingerprint density at radius 1 is 1.28 bits per heavy atom. The Kier molecular flexibility index (Phi) is 5.93. The van der Waals surface area contributed by atoms with E-state index in [9.17, 15) is 14.4 Å². The minimum Gasteiger partial charge on any atom is -0.363 e. The molecule has 0 aliphatic rings. The molecule has 1 unspecified atom stereocenters. The van der Waals surface area contributed by atoms with Gasteiger partial charge in [0.2, 0.25) is 5.78 Å². The van der Waals surface area contributed by atoms with Gasteiger partial charge in [0, 0.05) is 13.0 Å². The number of nitrogens with zero attached hydrogens (tertiary/aromatic N) is 2. The number of carbonyl (C=O) groups is 3. The summed E-state index contributed by atoms with van der Waals surface area (Å²) < 4.78 is 1.45. The number of Topliss-reactive ketones (excluding diaryl/α,β-unsaturated/α-hetero) is 1. The fourth-order valence-corrected chi connectivity index (χ4v) is 2.68. The summed E-state index contributed by atoms with van der Waals surface area (Å²) in [6, 6.07) is 7.94. The molecule has 1 aromatic carbocycles. The molecule has 0 aliphatic heterocycles. The quantitative estimate of drug-likeness (QED) is 0.723. The summed E-state index contributed by atoms with van der Waals surface area (Å²) in [5.41, 5.74) is 6.56. The van der Waals surface area contributed by atoms with E-state index in [0.29, 0.717) is 12.2 Å². The van der Waals surface area contributed by atoms with E-state index in [1.54, 1.807) is 31.2 Å². The summed E-state index contributed by atoms with van der Waals surface area (Å²) in [6.07, 6.45) is 0.144. The van der Waals surface area contributed by atoms with Gasteiger partial charge in [-0.1, -0.05) is 41.9 Å². The summed E-state index contributed by atoms with van der Waals surface area (Å²) in [5.74, 6) is -2.55. The Morgan fingerprint density at radius 2 is 1.92 bits per heavy atom. The molecule has 0 saturated heterocycles. The van der Waals surface area contributed by atoms with E-state index in [4.69, 9.17) is 17.3 Å². The van der Waals surface area contributed by atoms with Gasteiger partial charge >= 0.3 is 0 Å². The zero-order valence-corrected chi connectivity index (χ0v) is 14.7. The topological polar surface area (TPSA) is 107 Å². The second-order valence-electron chi connectivity index (χ2n) is 5.51. The van der Waals surface area contributed by atoms with Crippen molar-refractivity contribution in [2.24, 2.45) is 5.73 Å². The highest BCUT2D eigenvalue weighted by molar-refractivity contribution is 6.38. The molecule has 1 atom stereocenters. The number of benzene rings is 1. The standard InChI is InChI=1S/C17H19ClN4O3/c1-3-22-14(13(18)10(2)21-22)17(25)20-12(15(23)16(19)24)9-11-7-5-4-6-8-11/h4-8,12H,3,9H2,1-2H3,(H2,19,24)(H,20,25). The number of carbonyl (C=O) groups excluding carboxylic acids is 3. The summed E-state index contributed by atoms with van der Waals surface area (Å²) in [5, 5.41) is 6.94. The average molecular weight is 363 g/mol. The van der Waals surface area contributed by atoms with Crippen LogP contribution in [0.5, 0.6) is 0 Å². The molecule has 25 heavy (non-hydrogen) atoms. The van der Waals surface area contributed by atoms with Crippen LogP contribution in [0.2, 0.25) is 5.02 Å². The van der Waals surface area contributed by atoms with E-state index in [-0.39, 0.29) is 17.1 Å². The first-order valence-electron chi connectivity index (χ1n) is 7.76. The van der Waals surface area contributed by atoms with Crippen molar-refractivity contribution in [1.29, 1.82) is 0 Å². The van der Waals surface area contributed by atoms with Crippen molar-refractivity contribution in [3.05, 3.63) is 52.3 Å². The number of nitrogens with two attached hydrogens (primary N) is 1. The van der Waals surface area contributed by atoms with E-state index in [1.165, 1.54) is 4.68 Å². The summed E-state index contributed by atoms with van der Waals surface area (Å²) in [4.78, 5) is 36.1. The van der Waals surface area contributed by atoms with Crippen molar-refractivity contribution < 1.29 is 14.4 Å². The Balaban J connectivity index is 2.28. The minimum atomic E-state index is -1.10. The molecule has 2 aromatic rings. The van der Waals surface area contributed by atoms with E-state index in [2.05, 4.69) is 10.4 Å².